The van der Waals surface area contributed by atoms with Gasteiger partial charge in [-0.15, -0.1) is 0 Å². The first-order chi connectivity index (χ1) is 11.1. The summed E-state index contributed by atoms with van der Waals surface area (Å²) < 4.78 is 10.4. The Kier molecular flexibility index (Phi) is 3.92. The number of anilines is 1. The van der Waals surface area contributed by atoms with E-state index in [1.165, 1.54) is 24.4 Å². The van der Waals surface area contributed by atoms with Crippen molar-refractivity contribution < 1.29 is 19.1 Å². The molecule has 0 saturated carbocycles. The third kappa shape index (κ3) is 3.46. The van der Waals surface area contributed by atoms with Crippen molar-refractivity contribution in [3.63, 3.8) is 0 Å². The van der Waals surface area contributed by atoms with E-state index >= 15 is 0 Å². The van der Waals surface area contributed by atoms with Gasteiger partial charge in [0.05, 0.1) is 0 Å². The summed E-state index contributed by atoms with van der Waals surface area (Å²) in [4.78, 5) is 26.8. The van der Waals surface area contributed by atoms with Crippen LogP contribution in [0.25, 0.3) is 11.0 Å². The lowest BCUT2D eigenvalue weighted by molar-refractivity contribution is -0.118. The predicted molar refractivity (Wildman–Crippen MR) is 82.5 cm³/mol. The van der Waals surface area contributed by atoms with Crippen LogP contribution in [0.5, 0.6) is 11.5 Å². The van der Waals surface area contributed by atoms with Gasteiger partial charge in [0, 0.05) is 23.7 Å². The molecule has 3 aromatic rings. The summed E-state index contributed by atoms with van der Waals surface area (Å²) in [6, 6.07) is 10.8. The van der Waals surface area contributed by atoms with E-state index in [0.29, 0.717) is 11.3 Å². The third-order valence-corrected chi connectivity index (χ3v) is 3.01. The number of benzene rings is 1. The van der Waals surface area contributed by atoms with Gasteiger partial charge >= 0.3 is 5.63 Å². The molecule has 0 saturated heterocycles. The Hall–Kier alpha value is -3.35. The molecular weight excluding hydrogens is 300 g/mol. The molecule has 2 heterocycles. The highest BCUT2D eigenvalue weighted by Gasteiger charge is 2.08. The standard InChI is InChI=1S/C16H12N2O5/c19-12-2-1-7-17-16(12)18-14(20)9-22-11-5-3-10-4-6-15(21)23-13(10)8-11/h1-8,19H,9H2,(H,17,18,20). The minimum Gasteiger partial charge on any atom is -0.504 e. The number of carbonyl (C=O) groups excluding carboxylic acids is 1. The molecule has 7 heteroatoms. The first-order valence-electron chi connectivity index (χ1n) is 6.72. The molecule has 0 unspecified atom stereocenters. The summed E-state index contributed by atoms with van der Waals surface area (Å²) in [6.07, 6.45) is 1.45. The van der Waals surface area contributed by atoms with Crippen LogP contribution < -0.4 is 15.7 Å². The molecule has 0 bridgehead atoms. The Labute approximate surface area is 130 Å². The van der Waals surface area contributed by atoms with Gasteiger partial charge in [0.1, 0.15) is 11.3 Å². The van der Waals surface area contributed by atoms with E-state index < -0.39 is 11.5 Å². The molecule has 23 heavy (non-hydrogen) atoms. The van der Waals surface area contributed by atoms with Gasteiger partial charge in [-0.05, 0) is 30.3 Å². The highest BCUT2D eigenvalue weighted by molar-refractivity contribution is 5.92. The van der Waals surface area contributed by atoms with Crippen LogP contribution in [0, 0.1) is 0 Å². The predicted octanol–water partition coefficient (Wildman–Crippen LogP) is 1.91. The third-order valence-electron chi connectivity index (χ3n) is 3.01. The van der Waals surface area contributed by atoms with Crippen molar-refractivity contribution in [2.75, 3.05) is 11.9 Å². The summed E-state index contributed by atoms with van der Waals surface area (Å²) in [5, 5.41) is 12.7. The smallest absolute Gasteiger partial charge is 0.336 e. The van der Waals surface area contributed by atoms with Crippen LogP contribution in [-0.4, -0.2) is 22.6 Å². The van der Waals surface area contributed by atoms with Crippen LogP contribution in [0.4, 0.5) is 5.82 Å². The second-order valence-electron chi connectivity index (χ2n) is 4.66. The van der Waals surface area contributed by atoms with E-state index in [0.717, 1.165) is 5.39 Å². The zero-order chi connectivity index (χ0) is 16.2. The quantitative estimate of drug-likeness (QED) is 0.714. The van der Waals surface area contributed by atoms with Crippen LogP contribution in [0.1, 0.15) is 0 Å². The number of amides is 1. The van der Waals surface area contributed by atoms with Crippen LogP contribution in [-0.2, 0) is 4.79 Å². The molecule has 0 spiro atoms. The Morgan fingerprint density at radius 2 is 2.09 bits per heavy atom. The molecule has 1 amide bonds. The Bertz CT molecular complexity index is 919. The molecule has 0 fully saturated rings. The molecule has 0 radical (unpaired) electrons. The maximum Gasteiger partial charge on any atom is 0.336 e. The first kappa shape index (κ1) is 14.6. The molecule has 0 aliphatic heterocycles. The first-order valence-corrected chi connectivity index (χ1v) is 6.72. The van der Waals surface area contributed by atoms with E-state index in [-0.39, 0.29) is 18.2 Å². The Balaban J connectivity index is 1.67. The molecule has 1 aromatic carbocycles. The fourth-order valence-corrected chi connectivity index (χ4v) is 1.94. The topological polar surface area (TPSA) is 102 Å². The summed E-state index contributed by atoms with van der Waals surface area (Å²) >= 11 is 0. The van der Waals surface area contributed by atoms with Gasteiger partial charge in [0.15, 0.2) is 18.2 Å². The van der Waals surface area contributed by atoms with Crippen molar-refractivity contribution in [2.24, 2.45) is 0 Å². The van der Waals surface area contributed by atoms with E-state index in [4.69, 9.17) is 9.15 Å². The second-order valence-corrected chi connectivity index (χ2v) is 4.66. The highest BCUT2D eigenvalue weighted by Crippen LogP contribution is 2.20. The van der Waals surface area contributed by atoms with Crippen LogP contribution in [0.3, 0.4) is 0 Å². The molecule has 3 rings (SSSR count). The zero-order valence-electron chi connectivity index (χ0n) is 11.9. The number of aromatic nitrogens is 1. The van der Waals surface area contributed by atoms with Crippen molar-refractivity contribution in [3.05, 3.63) is 59.1 Å². The van der Waals surface area contributed by atoms with E-state index in [9.17, 15) is 14.7 Å². The van der Waals surface area contributed by atoms with E-state index in [1.54, 1.807) is 24.3 Å². The van der Waals surface area contributed by atoms with Crippen molar-refractivity contribution in [1.82, 2.24) is 4.98 Å². The average molecular weight is 312 g/mol. The van der Waals surface area contributed by atoms with Gasteiger partial charge < -0.3 is 19.6 Å². The number of fused-ring (bicyclic) bond motifs is 1. The van der Waals surface area contributed by atoms with Crippen molar-refractivity contribution in [3.8, 4) is 11.5 Å². The largest absolute Gasteiger partial charge is 0.504 e. The van der Waals surface area contributed by atoms with Crippen molar-refractivity contribution >= 4 is 22.7 Å². The number of aromatic hydroxyl groups is 1. The zero-order valence-corrected chi connectivity index (χ0v) is 11.9. The Morgan fingerprint density at radius 3 is 2.91 bits per heavy atom. The lowest BCUT2D eigenvalue weighted by atomic mass is 10.2. The van der Waals surface area contributed by atoms with Crippen molar-refractivity contribution in [2.45, 2.75) is 0 Å². The van der Waals surface area contributed by atoms with Crippen LogP contribution in [0.15, 0.2) is 57.9 Å². The number of rotatable bonds is 4. The van der Waals surface area contributed by atoms with Gasteiger partial charge in [0.25, 0.3) is 5.91 Å². The minimum atomic E-state index is -0.478. The van der Waals surface area contributed by atoms with Crippen molar-refractivity contribution in [1.29, 1.82) is 0 Å². The number of hydrogen-bond donors (Lipinski definition) is 2. The molecule has 116 valence electrons. The molecular formula is C16H12N2O5. The van der Waals surface area contributed by atoms with Crippen LogP contribution in [0.2, 0.25) is 0 Å². The Morgan fingerprint density at radius 1 is 1.26 bits per heavy atom. The van der Waals surface area contributed by atoms with E-state index in [2.05, 4.69) is 10.3 Å². The number of nitrogens with one attached hydrogen (secondary N) is 1. The van der Waals surface area contributed by atoms with E-state index in [1.807, 2.05) is 0 Å². The lowest BCUT2D eigenvalue weighted by Crippen LogP contribution is -2.20. The molecule has 2 N–H and O–H groups in total. The summed E-state index contributed by atoms with van der Waals surface area (Å²) in [5.41, 5.74) is -0.0872. The number of pyridine rings is 1. The molecule has 0 aliphatic rings. The van der Waals surface area contributed by atoms with Gasteiger partial charge in [-0.25, -0.2) is 9.78 Å². The lowest BCUT2D eigenvalue weighted by Gasteiger charge is -2.08. The van der Waals surface area contributed by atoms with Gasteiger partial charge in [-0.3, -0.25) is 4.79 Å². The fraction of sp³-hybridized carbons (Fsp3) is 0.0625. The molecule has 2 aromatic heterocycles. The molecule has 7 nitrogen and oxygen atoms in total. The monoisotopic (exact) mass is 312 g/mol. The summed E-state index contributed by atoms with van der Waals surface area (Å²) in [6.45, 7) is -0.279. The molecule has 0 atom stereocenters. The van der Waals surface area contributed by atoms with Gasteiger partial charge in [0.2, 0.25) is 0 Å². The normalized spacial score (nSPS) is 10.4. The SMILES string of the molecule is O=C(COc1ccc2ccc(=O)oc2c1)Nc1ncccc1O. The minimum absolute atomic E-state index is 0.0607. The van der Waals surface area contributed by atoms with Crippen LogP contribution >= 0.6 is 0 Å². The number of ether oxygens (including phenoxy) is 1. The average Bonchev–Trinajstić information content (AvgIpc) is 2.54. The maximum atomic E-state index is 11.8. The maximum absolute atomic E-state index is 11.8. The fourth-order valence-electron chi connectivity index (χ4n) is 1.94. The number of carbonyl (C=O) groups is 1. The summed E-state index contributed by atoms with van der Waals surface area (Å²) in [5.74, 6) is -0.167. The summed E-state index contributed by atoms with van der Waals surface area (Å²) in [7, 11) is 0. The highest BCUT2D eigenvalue weighted by atomic mass is 16.5. The number of nitrogens with zero attached hydrogens (tertiary/aromatic N) is 1. The second kappa shape index (κ2) is 6.18. The number of hydrogen-bond acceptors (Lipinski definition) is 6. The molecule has 0 aliphatic carbocycles. The van der Waals surface area contributed by atoms with Gasteiger partial charge in [-0.2, -0.15) is 0 Å². The van der Waals surface area contributed by atoms with Gasteiger partial charge in [-0.1, -0.05) is 0 Å².